The number of carbonyl (C=O) groups is 1. The fourth-order valence-electron chi connectivity index (χ4n) is 2.22. The standard InChI is InChI=1S/C20H25NO3/c1-4-5-12-23-18-10-7-9-17(13-18)21-20(22)14-24-19-11-6-8-15(2)16(19)3/h6-11,13H,4-5,12,14H2,1-3H3,(H,21,22). The lowest BCUT2D eigenvalue weighted by Crippen LogP contribution is -2.20. The highest BCUT2D eigenvalue weighted by Gasteiger charge is 2.07. The van der Waals surface area contributed by atoms with Crippen molar-refractivity contribution < 1.29 is 14.3 Å². The molecule has 0 saturated carbocycles. The highest BCUT2D eigenvalue weighted by atomic mass is 16.5. The van der Waals surface area contributed by atoms with Crippen LogP contribution in [0.15, 0.2) is 42.5 Å². The van der Waals surface area contributed by atoms with Crippen molar-refractivity contribution >= 4 is 11.6 Å². The third-order valence-electron chi connectivity index (χ3n) is 3.80. The second-order valence-electron chi connectivity index (χ2n) is 5.76. The van der Waals surface area contributed by atoms with Crippen molar-refractivity contribution in [3.63, 3.8) is 0 Å². The summed E-state index contributed by atoms with van der Waals surface area (Å²) in [4.78, 5) is 12.1. The Balaban J connectivity index is 1.88. The number of aryl methyl sites for hydroxylation is 1. The molecule has 1 amide bonds. The lowest BCUT2D eigenvalue weighted by molar-refractivity contribution is -0.118. The predicted molar refractivity (Wildman–Crippen MR) is 96.9 cm³/mol. The Morgan fingerprint density at radius 2 is 1.88 bits per heavy atom. The second-order valence-corrected chi connectivity index (χ2v) is 5.76. The van der Waals surface area contributed by atoms with Gasteiger partial charge < -0.3 is 14.8 Å². The van der Waals surface area contributed by atoms with Crippen LogP contribution in [0.25, 0.3) is 0 Å². The number of amides is 1. The summed E-state index contributed by atoms with van der Waals surface area (Å²) in [5.74, 6) is 1.31. The maximum Gasteiger partial charge on any atom is 0.262 e. The maximum atomic E-state index is 12.1. The molecule has 0 aliphatic carbocycles. The smallest absolute Gasteiger partial charge is 0.262 e. The molecule has 0 aliphatic rings. The summed E-state index contributed by atoms with van der Waals surface area (Å²) in [6.07, 6.45) is 2.10. The lowest BCUT2D eigenvalue weighted by atomic mass is 10.1. The van der Waals surface area contributed by atoms with Gasteiger partial charge in [0, 0.05) is 11.8 Å². The predicted octanol–water partition coefficient (Wildman–Crippen LogP) is 4.50. The largest absolute Gasteiger partial charge is 0.494 e. The molecule has 0 unspecified atom stereocenters. The third kappa shape index (κ3) is 5.30. The SMILES string of the molecule is CCCCOc1cccc(NC(=O)COc2cccc(C)c2C)c1. The summed E-state index contributed by atoms with van der Waals surface area (Å²) in [5, 5.41) is 2.83. The van der Waals surface area contributed by atoms with E-state index in [4.69, 9.17) is 9.47 Å². The van der Waals surface area contributed by atoms with Crippen LogP contribution in [0.4, 0.5) is 5.69 Å². The van der Waals surface area contributed by atoms with Gasteiger partial charge in [0.05, 0.1) is 6.61 Å². The molecule has 0 aromatic heterocycles. The molecule has 0 fully saturated rings. The van der Waals surface area contributed by atoms with Gasteiger partial charge in [-0.05, 0) is 49.6 Å². The van der Waals surface area contributed by atoms with Gasteiger partial charge in [-0.1, -0.05) is 31.5 Å². The Bertz CT molecular complexity index is 682. The molecular formula is C20H25NO3. The van der Waals surface area contributed by atoms with Crippen LogP contribution in [0.3, 0.4) is 0 Å². The molecule has 0 radical (unpaired) electrons. The van der Waals surface area contributed by atoms with Crippen molar-refractivity contribution in [1.82, 2.24) is 0 Å². The van der Waals surface area contributed by atoms with Gasteiger partial charge in [0.2, 0.25) is 0 Å². The van der Waals surface area contributed by atoms with Gasteiger partial charge in [-0.15, -0.1) is 0 Å². The van der Waals surface area contributed by atoms with Crippen molar-refractivity contribution in [2.75, 3.05) is 18.5 Å². The van der Waals surface area contributed by atoms with Crippen molar-refractivity contribution in [3.05, 3.63) is 53.6 Å². The number of nitrogens with one attached hydrogen (secondary N) is 1. The van der Waals surface area contributed by atoms with E-state index in [0.29, 0.717) is 12.3 Å². The Morgan fingerprint density at radius 3 is 2.67 bits per heavy atom. The normalized spacial score (nSPS) is 10.3. The Hall–Kier alpha value is -2.49. The van der Waals surface area contributed by atoms with E-state index in [1.54, 1.807) is 0 Å². The van der Waals surface area contributed by atoms with E-state index in [1.165, 1.54) is 0 Å². The number of hydrogen-bond acceptors (Lipinski definition) is 3. The van der Waals surface area contributed by atoms with Gasteiger partial charge in [-0.2, -0.15) is 0 Å². The molecule has 0 spiro atoms. The molecule has 0 bridgehead atoms. The summed E-state index contributed by atoms with van der Waals surface area (Å²) in [6, 6.07) is 13.2. The highest BCUT2D eigenvalue weighted by molar-refractivity contribution is 5.92. The third-order valence-corrected chi connectivity index (χ3v) is 3.80. The molecule has 0 saturated heterocycles. The minimum Gasteiger partial charge on any atom is -0.494 e. The number of ether oxygens (including phenoxy) is 2. The van der Waals surface area contributed by atoms with Gasteiger partial charge in [-0.25, -0.2) is 0 Å². The molecule has 0 heterocycles. The van der Waals surface area contributed by atoms with E-state index in [-0.39, 0.29) is 12.5 Å². The maximum absolute atomic E-state index is 12.1. The van der Waals surface area contributed by atoms with Crippen molar-refractivity contribution in [2.24, 2.45) is 0 Å². The average Bonchev–Trinajstić information content (AvgIpc) is 2.57. The van der Waals surface area contributed by atoms with Gasteiger partial charge >= 0.3 is 0 Å². The van der Waals surface area contributed by atoms with Crippen molar-refractivity contribution in [1.29, 1.82) is 0 Å². The Labute approximate surface area is 143 Å². The van der Waals surface area contributed by atoms with Crippen LogP contribution in [0.2, 0.25) is 0 Å². The molecule has 2 aromatic carbocycles. The summed E-state index contributed by atoms with van der Waals surface area (Å²) in [5.41, 5.74) is 2.90. The van der Waals surface area contributed by atoms with Crippen LogP contribution in [-0.4, -0.2) is 19.1 Å². The Kier molecular flexibility index (Phi) is 6.67. The van der Waals surface area contributed by atoms with E-state index in [9.17, 15) is 4.79 Å². The topological polar surface area (TPSA) is 47.6 Å². The van der Waals surface area contributed by atoms with Gasteiger partial charge in [0.25, 0.3) is 5.91 Å². The minimum absolute atomic E-state index is 0.0226. The Morgan fingerprint density at radius 1 is 1.08 bits per heavy atom. The molecule has 1 N–H and O–H groups in total. The van der Waals surface area contributed by atoms with E-state index in [1.807, 2.05) is 56.3 Å². The first-order valence-electron chi connectivity index (χ1n) is 8.32. The lowest BCUT2D eigenvalue weighted by Gasteiger charge is -2.12. The van der Waals surface area contributed by atoms with Crippen LogP contribution < -0.4 is 14.8 Å². The van der Waals surface area contributed by atoms with Crippen LogP contribution in [0.5, 0.6) is 11.5 Å². The fraction of sp³-hybridized carbons (Fsp3) is 0.350. The first-order valence-corrected chi connectivity index (χ1v) is 8.32. The van der Waals surface area contributed by atoms with Crippen LogP contribution in [-0.2, 0) is 4.79 Å². The minimum atomic E-state index is -0.193. The molecule has 4 nitrogen and oxygen atoms in total. The second kappa shape index (κ2) is 8.96. The van der Waals surface area contributed by atoms with Gasteiger partial charge in [0.1, 0.15) is 11.5 Å². The summed E-state index contributed by atoms with van der Waals surface area (Å²) in [6.45, 7) is 6.79. The quantitative estimate of drug-likeness (QED) is 0.726. The van der Waals surface area contributed by atoms with E-state index in [0.717, 1.165) is 35.5 Å². The number of rotatable bonds is 8. The van der Waals surface area contributed by atoms with Crippen LogP contribution in [0.1, 0.15) is 30.9 Å². The summed E-state index contributed by atoms with van der Waals surface area (Å²) < 4.78 is 11.3. The van der Waals surface area contributed by atoms with E-state index in [2.05, 4.69) is 12.2 Å². The van der Waals surface area contributed by atoms with Crippen molar-refractivity contribution in [2.45, 2.75) is 33.6 Å². The molecular weight excluding hydrogens is 302 g/mol. The zero-order valence-corrected chi connectivity index (χ0v) is 14.6. The highest BCUT2D eigenvalue weighted by Crippen LogP contribution is 2.21. The van der Waals surface area contributed by atoms with Crippen molar-refractivity contribution in [3.8, 4) is 11.5 Å². The monoisotopic (exact) mass is 327 g/mol. The zero-order valence-electron chi connectivity index (χ0n) is 14.6. The number of carbonyl (C=O) groups excluding carboxylic acids is 1. The van der Waals surface area contributed by atoms with E-state index >= 15 is 0 Å². The molecule has 0 atom stereocenters. The molecule has 0 aliphatic heterocycles. The first-order chi connectivity index (χ1) is 11.6. The summed E-state index contributed by atoms with van der Waals surface area (Å²) >= 11 is 0. The number of unbranched alkanes of at least 4 members (excludes halogenated alkanes) is 1. The molecule has 2 aromatic rings. The van der Waals surface area contributed by atoms with E-state index < -0.39 is 0 Å². The first kappa shape index (κ1) is 17.9. The molecule has 24 heavy (non-hydrogen) atoms. The molecule has 128 valence electrons. The zero-order chi connectivity index (χ0) is 17.4. The number of anilines is 1. The molecule has 4 heteroatoms. The van der Waals surface area contributed by atoms with Crippen LogP contribution in [0, 0.1) is 13.8 Å². The molecule has 2 rings (SSSR count). The summed E-state index contributed by atoms with van der Waals surface area (Å²) in [7, 11) is 0. The number of benzene rings is 2. The van der Waals surface area contributed by atoms with Gasteiger partial charge in [-0.3, -0.25) is 4.79 Å². The number of hydrogen-bond donors (Lipinski definition) is 1. The van der Waals surface area contributed by atoms with Gasteiger partial charge in [0.15, 0.2) is 6.61 Å². The average molecular weight is 327 g/mol. The van der Waals surface area contributed by atoms with Crippen LogP contribution >= 0.6 is 0 Å². The fourth-order valence-corrected chi connectivity index (χ4v) is 2.22.